The molecule has 1 atom stereocenters. The van der Waals surface area contributed by atoms with Crippen molar-refractivity contribution >= 4 is 17.7 Å². The van der Waals surface area contributed by atoms with Gasteiger partial charge < -0.3 is 4.90 Å². The first-order valence-corrected chi connectivity index (χ1v) is 11.1. The summed E-state index contributed by atoms with van der Waals surface area (Å²) in [4.78, 5) is 19.2. The summed E-state index contributed by atoms with van der Waals surface area (Å²) in [7, 11) is 0. The van der Waals surface area contributed by atoms with Crippen LogP contribution in [0.1, 0.15) is 25.3 Å². The lowest BCUT2D eigenvalue weighted by molar-refractivity contribution is -0.131. The van der Waals surface area contributed by atoms with Crippen LogP contribution in [0.25, 0.3) is 11.4 Å². The maximum atomic E-state index is 13.9. The third-order valence-corrected chi connectivity index (χ3v) is 6.47. The fourth-order valence-electron chi connectivity index (χ4n) is 3.84. The van der Waals surface area contributed by atoms with Crippen LogP contribution in [0.5, 0.6) is 0 Å². The third kappa shape index (κ3) is 4.90. The molecular formula is C23H25FN4OS. The molecule has 0 aliphatic carbocycles. The predicted molar refractivity (Wildman–Crippen MR) is 117 cm³/mol. The highest BCUT2D eigenvalue weighted by atomic mass is 32.2. The molecule has 5 nitrogen and oxygen atoms in total. The molecule has 2 heterocycles. The van der Waals surface area contributed by atoms with Crippen molar-refractivity contribution in [3.8, 4) is 11.4 Å². The standard InChI is InChI=1S/C23H25FN4OS/c1-16(30-23-25-21(26-27-23)19-9-5-6-10-20(19)24)22(29)28-13-11-18(12-14-28)15-17-7-3-2-4-8-17/h2-10,16,18H,11-15H2,1H3,(H,25,26,27)/t16-/m0/s1. The molecule has 1 amide bonds. The number of carbonyl (C=O) groups excluding carboxylic acids is 1. The molecule has 3 aromatic rings. The van der Waals surface area contributed by atoms with E-state index in [9.17, 15) is 9.18 Å². The molecule has 30 heavy (non-hydrogen) atoms. The molecule has 156 valence electrons. The summed E-state index contributed by atoms with van der Waals surface area (Å²) < 4.78 is 13.9. The number of hydrogen-bond donors (Lipinski definition) is 1. The Kier molecular flexibility index (Phi) is 6.47. The number of H-pyrrole nitrogens is 1. The summed E-state index contributed by atoms with van der Waals surface area (Å²) in [5, 5.41) is 7.08. The van der Waals surface area contributed by atoms with E-state index in [-0.39, 0.29) is 17.0 Å². The van der Waals surface area contributed by atoms with Gasteiger partial charge in [0.25, 0.3) is 0 Å². The summed E-state index contributed by atoms with van der Waals surface area (Å²) in [6.45, 7) is 3.45. The number of thioether (sulfide) groups is 1. The molecular weight excluding hydrogens is 399 g/mol. The number of nitrogens with zero attached hydrogens (tertiary/aromatic N) is 3. The fourth-order valence-corrected chi connectivity index (χ4v) is 4.65. The van der Waals surface area contributed by atoms with Gasteiger partial charge in [0.2, 0.25) is 11.1 Å². The van der Waals surface area contributed by atoms with Gasteiger partial charge in [0.15, 0.2) is 5.82 Å². The minimum Gasteiger partial charge on any atom is -0.342 e. The van der Waals surface area contributed by atoms with Gasteiger partial charge in [-0.1, -0.05) is 54.2 Å². The van der Waals surface area contributed by atoms with Gasteiger partial charge in [0.05, 0.1) is 10.8 Å². The quantitative estimate of drug-likeness (QED) is 0.589. The Bertz CT molecular complexity index is 986. The van der Waals surface area contributed by atoms with E-state index in [1.165, 1.54) is 23.4 Å². The Morgan fingerprint density at radius 3 is 2.60 bits per heavy atom. The highest BCUT2D eigenvalue weighted by Gasteiger charge is 2.27. The van der Waals surface area contributed by atoms with Gasteiger partial charge in [-0.05, 0) is 49.8 Å². The zero-order valence-corrected chi connectivity index (χ0v) is 17.7. The van der Waals surface area contributed by atoms with E-state index in [4.69, 9.17) is 0 Å². The Hall–Kier alpha value is -2.67. The van der Waals surface area contributed by atoms with Gasteiger partial charge in [-0.2, -0.15) is 0 Å². The van der Waals surface area contributed by atoms with Crippen molar-refractivity contribution in [2.24, 2.45) is 5.92 Å². The van der Waals surface area contributed by atoms with Gasteiger partial charge in [-0.15, -0.1) is 5.10 Å². The number of carbonyl (C=O) groups is 1. The first-order chi connectivity index (χ1) is 14.6. The second-order valence-electron chi connectivity index (χ2n) is 7.66. The van der Waals surface area contributed by atoms with Gasteiger partial charge in [-0.25, -0.2) is 9.37 Å². The molecule has 2 aromatic carbocycles. The summed E-state index contributed by atoms with van der Waals surface area (Å²) >= 11 is 1.30. The van der Waals surface area contributed by atoms with Crippen LogP contribution in [0.3, 0.4) is 0 Å². The van der Waals surface area contributed by atoms with Crippen molar-refractivity contribution in [1.82, 2.24) is 20.1 Å². The predicted octanol–water partition coefficient (Wildman–Crippen LogP) is 4.57. The lowest BCUT2D eigenvalue weighted by Crippen LogP contribution is -2.42. The molecule has 1 N–H and O–H groups in total. The van der Waals surface area contributed by atoms with E-state index < -0.39 is 0 Å². The van der Waals surface area contributed by atoms with Gasteiger partial charge in [0.1, 0.15) is 5.82 Å². The van der Waals surface area contributed by atoms with Crippen molar-refractivity contribution in [3.63, 3.8) is 0 Å². The van der Waals surface area contributed by atoms with E-state index in [0.717, 1.165) is 32.4 Å². The molecule has 1 saturated heterocycles. The molecule has 0 unspecified atom stereocenters. The van der Waals surface area contributed by atoms with Crippen LogP contribution >= 0.6 is 11.8 Å². The third-order valence-electron chi connectivity index (χ3n) is 5.52. The summed E-state index contributed by atoms with van der Waals surface area (Å²) in [6.07, 6.45) is 3.12. The topological polar surface area (TPSA) is 61.9 Å². The van der Waals surface area contributed by atoms with Crippen LogP contribution in [-0.4, -0.2) is 44.3 Å². The largest absolute Gasteiger partial charge is 0.342 e. The highest BCUT2D eigenvalue weighted by Crippen LogP contribution is 2.27. The van der Waals surface area contributed by atoms with Crippen LogP contribution < -0.4 is 0 Å². The number of benzene rings is 2. The summed E-state index contributed by atoms with van der Waals surface area (Å²) in [5.41, 5.74) is 1.73. The normalized spacial score (nSPS) is 15.9. The van der Waals surface area contributed by atoms with E-state index in [1.807, 2.05) is 17.9 Å². The van der Waals surface area contributed by atoms with Crippen molar-refractivity contribution in [2.75, 3.05) is 13.1 Å². The minimum absolute atomic E-state index is 0.107. The maximum absolute atomic E-state index is 13.9. The first kappa shape index (κ1) is 20.6. The van der Waals surface area contributed by atoms with Crippen LogP contribution in [0.2, 0.25) is 0 Å². The molecule has 0 radical (unpaired) electrons. The SMILES string of the molecule is C[C@H](Sc1n[nH]c(-c2ccccc2F)n1)C(=O)N1CCC(Cc2ccccc2)CC1. The Morgan fingerprint density at radius 1 is 1.17 bits per heavy atom. The number of halogens is 1. The molecule has 0 saturated carbocycles. The second kappa shape index (κ2) is 9.43. The molecule has 0 spiro atoms. The second-order valence-corrected chi connectivity index (χ2v) is 8.97. The zero-order chi connectivity index (χ0) is 20.9. The van der Waals surface area contributed by atoms with Crippen LogP contribution in [0.15, 0.2) is 59.8 Å². The number of aromatic amines is 1. The van der Waals surface area contributed by atoms with Gasteiger partial charge in [0, 0.05) is 13.1 Å². The number of amides is 1. The lowest BCUT2D eigenvalue weighted by Gasteiger charge is -2.33. The average molecular weight is 425 g/mol. The number of aromatic nitrogens is 3. The van der Waals surface area contributed by atoms with Crippen molar-refractivity contribution in [1.29, 1.82) is 0 Å². The smallest absolute Gasteiger partial charge is 0.235 e. The van der Waals surface area contributed by atoms with E-state index in [1.54, 1.807) is 18.2 Å². The van der Waals surface area contributed by atoms with Crippen molar-refractivity contribution < 1.29 is 9.18 Å². The monoisotopic (exact) mass is 424 g/mol. The van der Waals surface area contributed by atoms with Crippen molar-refractivity contribution in [2.45, 2.75) is 36.6 Å². The van der Waals surface area contributed by atoms with Crippen LogP contribution in [0.4, 0.5) is 4.39 Å². The average Bonchev–Trinajstić information content (AvgIpc) is 3.23. The minimum atomic E-state index is -0.354. The molecule has 7 heteroatoms. The van der Waals surface area contributed by atoms with Crippen LogP contribution in [0, 0.1) is 11.7 Å². The molecule has 1 aliphatic rings. The van der Waals surface area contributed by atoms with Gasteiger partial charge >= 0.3 is 0 Å². The summed E-state index contributed by atoms with van der Waals surface area (Å²) in [6, 6.07) is 17.0. The molecule has 1 aromatic heterocycles. The van der Waals surface area contributed by atoms with Gasteiger partial charge in [-0.3, -0.25) is 9.89 Å². The fraction of sp³-hybridized carbons (Fsp3) is 0.348. The van der Waals surface area contributed by atoms with E-state index in [0.29, 0.717) is 22.5 Å². The number of rotatable bonds is 6. The Labute approximate surface area is 180 Å². The summed E-state index contributed by atoms with van der Waals surface area (Å²) in [5.74, 6) is 0.746. The highest BCUT2D eigenvalue weighted by molar-refractivity contribution is 8.00. The zero-order valence-electron chi connectivity index (χ0n) is 16.9. The molecule has 4 rings (SSSR count). The Morgan fingerprint density at radius 2 is 1.87 bits per heavy atom. The first-order valence-electron chi connectivity index (χ1n) is 10.3. The molecule has 1 fully saturated rings. The van der Waals surface area contributed by atoms with Crippen molar-refractivity contribution in [3.05, 3.63) is 66.0 Å². The number of likely N-dealkylation sites (tertiary alicyclic amines) is 1. The molecule has 1 aliphatic heterocycles. The lowest BCUT2D eigenvalue weighted by atomic mass is 9.90. The molecule has 0 bridgehead atoms. The Balaban J connectivity index is 1.30. The van der Waals surface area contributed by atoms with E-state index in [2.05, 4.69) is 39.4 Å². The number of hydrogen-bond acceptors (Lipinski definition) is 4. The number of nitrogens with one attached hydrogen (secondary N) is 1. The maximum Gasteiger partial charge on any atom is 0.235 e. The van der Waals surface area contributed by atoms with Crippen LogP contribution in [-0.2, 0) is 11.2 Å². The number of piperidine rings is 1. The van der Waals surface area contributed by atoms with E-state index >= 15 is 0 Å².